The van der Waals surface area contributed by atoms with E-state index in [0.29, 0.717) is 11.5 Å². The van der Waals surface area contributed by atoms with Gasteiger partial charge in [-0.15, -0.1) is 0 Å². The molecule has 0 bridgehead atoms. The summed E-state index contributed by atoms with van der Waals surface area (Å²) in [5.74, 6) is 0.177. The fourth-order valence-corrected chi connectivity index (χ4v) is 2.05. The maximum Gasteiger partial charge on any atom is 0.412 e. The number of rotatable bonds is 6. The number of amides is 2. The second-order valence-corrected chi connectivity index (χ2v) is 6.94. The molecule has 7 nitrogen and oxygen atoms in total. The highest BCUT2D eigenvalue weighted by Crippen LogP contribution is 2.21. The van der Waals surface area contributed by atoms with Crippen molar-refractivity contribution < 1.29 is 14.3 Å². The molecule has 134 valence electrons. The molecule has 1 rings (SSSR count). The smallest absolute Gasteiger partial charge is 0.412 e. The highest BCUT2D eigenvalue weighted by atomic mass is 16.6. The van der Waals surface area contributed by atoms with Crippen LogP contribution in [0.4, 0.5) is 16.3 Å². The van der Waals surface area contributed by atoms with Crippen LogP contribution in [0.1, 0.15) is 39.7 Å². The fraction of sp³-hybridized carbons (Fsp3) is 0.588. The molecule has 0 unspecified atom stereocenters. The third kappa shape index (κ3) is 7.92. The summed E-state index contributed by atoms with van der Waals surface area (Å²) in [6.45, 7) is 7.76. The lowest BCUT2D eigenvalue weighted by Gasteiger charge is -2.21. The van der Waals surface area contributed by atoms with Gasteiger partial charge in [0.15, 0.2) is 0 Å². The molecule has 24 heavy (non-hydrogen) atoms. The summed E-state index contributed by atoms with van der Waals surface area (Å²) in [6, 6.07) is 1.65. The van der Waals surface area contributed by atoms with Gasteiger partial charge in [-0.2, -0.15) is 0 Å². The van der Waals surface area contributed by atoms with E-state index in [1.165, 1.54) is 6.92 Å². The fourth-order valence-electron chi connectivity index (χ4n) is 2.05. The van der Waals surface area contributed by atoms with Crippen molar-refractivity contribution in [3.63, 3.8) is 0 Å². The second-order valence-electron chi connectivity index (χ2n) is 6.94. The quantitative estimate of drug-likeness (QED) is 0.834. The van der Waals surface area contributed by atoms with Crippen LogP contribution >= 0.6 is 0 Å². The van der Waals surface area contributed by atoms with E-state index in [-0.39, 0.29) is 5.91 Å². The first-order valence-corrected chi connectivity index (χ1v) is 7.98. The first-order chi connectivity index (χ1) is 11.1. The van der Waals surface area contributed by atoms with Crippen LogP contribution in [-0.2, 0) is 16.0 Å². The molecule has 7 heteroatoms. The Labute approximate surface area is 143 Å². The summed E-state index contributed by atoms with van der Waals surface area (Å²) in [5, 5.41) is 5.37. The van der Waals surface area contributed by atoms with E-state index >= 15 is 0 Å². The molecule has 0 aromatic carbocycles. The van der Waals surface area contributed by atoms with E-state index in [0.717, 1.165) is 24.9 Å². The molecule has 0 spiro atoms. The number of anilines is 2. The van der Waals surface area contributed by atoms with E-state index in [1.54, 1.807) is 33.0 Å². The van der Waals surface area contributed by atoms with Gasteiger partial charge >= 0.3 is 6.09 Å². The molecule has 0 saturated carbocycles. The van der Waals surface area contributed by atoms with Gasteiger partial charge in [-0.3, -0.25) is 10.1 Å². The Morgan fingerprint density at radius 1 is 1.25 bits per heavy atom. The van der Waals surface area contributed by atoms with Gasteiger partial charge in [-0.25, -0.2) is 9.78 Å². The standard InChI is InChI=1S/C17H28N4O3/c1-12(22)19-15-10-14(20-16(23)24-17(2,3)4)13(11-18-15)8-7-9-21(5)6/h10-11H,7-9H2,1-6H3,(H2,18,19,20,22,23). The van der Waals surface area contributed by atoms with Crippen molar-refractivity contribution in [3.05, 3.63) is 17.8 Å². The van der Waals surface area contributed by atoms with Crippen LogP contribution in [0.25, 0.3) is 0 Å². The topological polar surface area (TPSA) is 83.6 Å². The van der Waals surface area contributed by atoms with E-state index in [2.05, 4.69) is 20.5 Å². The number of pyridine rings is 1. The monoisotopic (exact) mass is 336 g/mol. The Morgan fingerprint density at radius 3 is 2.46 bits per heavy atom. The van der Waals surface area contributed by atoms with Crippen LogP contribution in [-0.4, -0.2) is 48.1 Å². The average Bonchev–Trinajstić information content (AvgIpc) is 2.37. The van der Waals surface area contributed by atoms with Gasteiger partial charge in [-0.1, -0.05) is 0 Å². The van der Waals surface area contributed by atoms with Crippen molar-refractivity contribution in [2.45, 2.75) is 46.1 Å². The lowest BCUT2D eigenvalue weighted by molar-refractivity contribution is -0.114. The second kappa shape index (κ2) is 8.63. The van der Waals surface area contributed by atoms with Crippen molar-refractivity contribution in [1.82, 2.24) is 9.88 Å². The van der Waals surface area contributed by atoms with Gasteiger partial charge < -0.3 is 15.0 Å². The summed E-state index contributed by atoms with van der Waals surface area (Å²) in [6.07, 6.45) is 2.83. The molecule has 1 aromatic heterocycles. The Bertz CT molecular complexity index is 580. The lowest BCUT2D eigenvalue weighted by Crippen LogP contribution is -2.27. The first kappa shape index (κ1) is 19.9. The van der Waals surface area contributed by atoms with Crippen LogP contribution in [0.2, 0.25) is 0 Å². The van der Waals surface area contributed by atoms with Crippen molar-refractivity contribution in [2.24, 2.45) is 0 Å². The average molecular weight is 336 g/mol. The molecule has 0 fully saturated rings. The number of nitrogens with zero attached hydrogens (tertiary/aromatic N) is 2. The molecule has 0 aliphatic heterocycles. The van der Waals surface area contributed by atoms with Gasteiger partial charge in [-0.05, 0) is 59.8 Å². The molecular weight excluding hydrogens is 308 g/mol. The van der Waals surface area contributed by atoms with E-state index in [1.807, 2.05) is 14.1 Å². The van der Waals surface area contributed by atoms with Crippen molar-refractivity contribution >= 4 is 23.5 Å². The largest absolute Gasteiger partial charge is 0.444 e. The molecule has 0 atom stereocenters. The summed E-state index contributed by atoms with van der Waals surface area (Å²) < 4.78 is 5.29. The highest BCUT2D eigenvalue weighted by molar-refractivity contribution is 5.90. The number of nitrogens with one attached hydrogen (secondary N) is 2. The normalized spacial score (nSPS) is 11.3. The Balaban J connectivity index is 2.92. The number of ether oxygens (including phenoxy) is 1. The van der Waals surface area contributed by atoms with Gasteiger partial charge in [0.25, 0.3) is 0 Å². The van der Waals surface area contributed by atoms with Crippen LogP contribution < -0.4 is 10.6 Å². The number of carbonyl (C=O) groups excluding carboxylic acids is 2. The predicted octanol–water partition coefficient (Wildman–Crippen LogP) is 2.88. The molecule has 1 aromatic rings. The third-order valence-corrected chi connectivity index (χ3v) is 2.98. The molecule has 0 saturated heterocycles. The predicted molar refractivity (Wildman–Crippen MR) is 95.3 cm³/mol. The number of hydrogen-bond acceptors (Lipinski definition) is 5. The Kier molecular flexibility index (Phi) is 7.16. The number of hydrogen-bond donors (Lipinski definition) is 2. The summed E-state index contributed by atoms with van der Waals surface area (Å²) in [5.41, 5.74) is 0.918. The first-order valence-electron chi connectivity index (χ1n) is 7.98. The molecule has 2 amide bonds. The maximum absolute atomic E-state index is 12.0. The van der Waals surface area contributed by atoms with Crippen LogP contribution in [0.3, 0.4) is 0 Å². The SMILES string of the molecule is CC(=O)Nc1cc(NC(=O)OC(C)(C)C)c(CCCN(C)C)cn1. The Morgan fingerprint density at radius 2 is 1.92 bits per heavy atom. The Hall–Kier alpha value is -2.15. The van der Waals surface area contributed by atoms with Gasteiger partial charge in [0.1, 0.15) is 11.4 Å². The molecule has 2 N–H and O–H groups in total. The van der Waals surface area contributed by atoms with Gasteiger partial charge in [0.2, 0.25) is 5.91 Å². The highest BCUT2D eigenvalue weighted by Gasteiger charge is 2.18. The minimum absolute atomic E-state index is 0.217. The van der Waals surface area contributed by atoms with Crippen molar-refractivity contribution in [2.75, 3.05) is 31.3 Å². The minimum Gasteiger partial charge on any atom is -0.444 e. The molecule has 0 aliphatic carbocycles. The maximum atomic E-state index is 12.0. The van der Waals surface area contributed by atoms with Crippen molar-refractivity contribution in [3.8, 4) is 0 Å². The van der Waals surface area contributed by atoms with Crippen LogP contribution in [0.5, 0.6) is 0 Å². The van der Waals surface area contributed by atoms with Crippen LogP contribution in [0, 0.1) is 0 Å². The summed E-state index contributed by atoms with van der Waals surface area (Å²) in [4.78, 5) is 29.6. The zero-order valence-corrected chi connectivity index (χ0v) is 15.4. The van der Waals surface area contributed by atoms with Crippen molar-refractivity contribution in [1.29, 1.82) is 0 Å². The molecule has 1 heterocycles. The minimum atomic E-state index is -0.581. The molecule has 0 aliphatic rings. The van der Waals surface area contributed by atoms with E-state index < -0.39 is 11.7 Å². The molecular formula is C17H28N4O3. The van der Waals surface area contributed by atoms with Crippen LogP contribution in [0.15, 0.2) is 12.3 Å². The summed E-state index contributed by atoms with van der Waals surface area (Å²) >= 11 is 0. The number of carbonyl (C=O) groups is 2. The number of aryl methyl sites for hydroxylation is 1. The van der Waals surface area contributed by atoms with Gasteiger partial charge in [0, 0.05) is 19.2 Å². The zero-order chi connectivity index (χ0) is 18.3. The zero-order valence-electron chi connectivity index (χ0n) is 15.4. The summed E-state index contributed by atoms with van der Waals surface area (Å²) in [7, 11) is 4.02. The third-order valence-electron chi connectivity index (χ3n) is 2.98. The van der Waals surface area contributed by atoms with E-state index in [9.17, 15) is 9.59 Å². The lowest BCUT2D eigenvalue weighted by atomic mass is 10.1. The number of aromatic nitrogens is 1. The molecule has 0 radical (unpaired) electrons. The van der Waals surface area contributed by atoms with Gasteiger partial charge in [0.05, 0.1) is 5.69 Å². The van der Waals surface area contributed by atoms with E-state index in [4.69, 9.17) is 4.74 Å².